The minimum Gasteiger partial charge on any atom is -0.481 e. The highest BCUT2D eigenvalue weighted by Crippen LogP contribution is 2.33. The average molecular weight is 757 g/mol. The Morgan fingerprint density at radius 1 is 0.604 bits per heavy atom. The van der Waals surface area contributed by atoms with Crippen molar-refractivity contribution in [3.05, 3.63) is 105 Å². The van der Waals surface area contributed by atoms with E-state index in [9.17, 15) is 14.2 Å². The first kappa shape index (κ1) is 37.0. The Kier molecular flexibility index (Phi) is 14.0. The van der Waals surface area contributed by atoms with Crippen molar-refractivity contribution in [2.45, 2.75) is 26.1 Å². The van der Waals surface area contributed by atoms with Crippen LogP contribution in [-0.4, -0.2) is 37.5 Å². The van der Waals surface area contributed by atoms with Crippen LogP contribution in [0.4, 0.5) is 0 Å². The van der Waals surface area contributed by atoms with E-state index < -0.39 is 45.7 Å². The molecule has 0 spiro atoms. The molecule has 2 amide bonds. The fourth-order valence-corrected chi connectivity index (χ4v) is 5.00. The Bertz CT molecular complexity index is 1610. The van der Waals surface area contributed by atoms with Gasteiger partial charge in [0.1, 0.15) is 34.5 Å². The molecule has 0 heterocycles. The summed E-state index contributed by atoms with van der Waals surface area (Å²) in [7, 11) is -2.66. The van der Waals surface area contributed by atoms with Crippen molar-refractivity contribution in [3.8, 4) is 34.5 Å². The lowest BCUT2D eigenvalue weighted by atomic mass is 10.3. The smallest absolute Gasteiger partial charge is 0.481 e. The molecule has 0 bridgehead atoms. The molecular formula is C32H28Cl4N2O9P+. The van der Waals surface area contributed by atoms with E-state index in [1.54, 1.807) is 84.9 Å². The lowest BCUT2D eigenvalue weighted by Crippen LogP contribution is -2.37. The van der Waals surface area contributed by atoms with E-state index in [1.807, 2.05) is 0 Å². The Morgan fingerprint density at radius 3 is 1.31 bits per heavy atom. The summed E-state index contributed by atoms with van der Waals surface area (Å²) < 4.78 is 44.6. The van der Waals surface area contributed by atoms with Gasteiger partial charge in [0.2, 0.25) is 0 Å². The van der Waals surface area contributed by atoms with Gasteiger partial charge in [-0.1, -0.05) is 55.5 Å². The molecule has 11 nitrogen and oxygen atoms in total. The van der Waals surface area contributed by atoms with Crippen molar-refractivity contribution in [2.24, 2.45) is 0 Å². The molecule has 48 heavy (non-hydrogen) atoms. The second-order valence-corrected chi connectivity index (χ2v) is 12.3. The predicted molar refractivity (Wildman–Crippen MR) is 182 cm³/mol. The van der Waals surface area contributed by atoms with Crippen LogP contribution >= 0.6 is 54.7 Å². The maximum atomic E-state index is 12.4. The lowest BCUT2D eigenvalue weighted by Gasteiger charge is -2.14. The molecule has 0 saturated heterocycles. The monoisotopic (exact) mass is 755 g/mol. The van der Waals surface area contributed by atoms with Gasteiger partial charge in [0.05, 0.1) is 10.0 Å². The van der Waals surface area contributed by atoms with Crippen molar-refractivity contribution in [2.75, 3.05) is 13.5 Å². The molecule has 0 aromatic heterocycles. The lowest BCUT2D eigenvalue weighted by molar-refractivity contribution is -0.128. The van der Waals surface area contributed by atoms with Crippen LogP contribution in [0.2, 0.25) is 20.1 Å². The highest BCUT2D eigenvalue weighted by Gasteiger charge is 2.24. The highest BCUT2D eigenvalue weighted by molar-refractivity contribution is 7.33. The van der Waals surface area contributed by atoms with Crippen molar-refractivity contribution < 1.29 is 42.1 Å². The molecular weight excluding hydrogens is 729 g/mol. The summed E-state index contributed by atoms with van der Waals surface area (Å²) in [6, 6.07) is 22.8. The normalized spacial score (nSPS) is 12.3. The summed E-state index contributed by atoms with van der Waals surface area (Å²) in [5.41, 5.74) is 0. The van der Waals surface area contributed by atoms with Crippen LogP contribution in [0.3, 0.4) is 0 Å². The third-order valence-electron chi connectivity index (χ3n) is 6.09. The van der Waals surface area contributed by atoms with Crippen LogP contribution in [0.15, 0.2) is 84.9 Å². The van der Waals surface area contributed by atoms with Gasteiger partial charge in [-0.25, -0.2) is 0 Å². The third kappa shape index (κ3) is 11.7. The number of rotatable bonds is 16. The van der Waals surface area contributed by atoms with Gasteiger partial charge in [0, 0.05) is 14.6 Å². The summed E-state index contributed by atoms with van der Waals surface area (Å²) in [6.07, 6.45) is -1.81. The zero-order chi connectivity index (χ0) is 34.6. The largest absolute Gasteiger partial charge is 0.701 e. The van der Waals surface area contributed by atoms with Crippen LogP contribution in [0.1, 0.15) is 13.8 Å². The summed E-state index contributed by atoms with van der Waals surface area (Å²) in [5.74, 6) is 1.61. The number of ether oxygens (including phenoxy) is 4. The van der Waals surface area contributed by atoms with Gasteiger partial charge in [-0.15, -0.1) is 0 Å². The first-order valence-electron chi connectivity index (χ1n) is 14.0. The van der Waals surface area contributed by atoms with E-state index in [4.69, 9.17) is 74.4 Å². The molecule has 0 radical (unpaired) electrons. The molecule has 2 N–H and O–H groups in total. The molecule has 0 aliphatic heterocycles. The molecule has 252 valence electrons. The van der Waals surface area contributed by atoms with Crippen molar-refractivity contribution in [3.63, 3.8) is 0 Å². The van der Waals surface area contributed by atoms with E-state index in [0.29, 0.717) is 54.6 Å². The SMILES string of the molecule is CC(Oc1ccc(Oc2ccc(Cl)cc2Cl)cc1)C(=O)NCO[P+](=O)OCNC(=O)C(C)Oc1ccc(Oc2ccc(Cl)cc2Cl)cc1. The fourth-order valence-electron chi connectivity index (χ4n) is 3.69. The first-order chi connectivity index (χ1) is 23.0. The second-order valence-electron chi connectivity index (χ2n) is 9.67. The zero-order valence-electron chi connectivity index (χ0n) is 25.3. The maximum Gasteiger partial charge on any atom is 0.701 e. The highest BCUT2D eigenvalue weighted by atomic mass is 35.5. The minimum absolute atomic E-state index is 0.361. The summed E-state index contributed by atoms with van der Waals surface area (Å²) in [5, 5.41) is 6.55. The van der Waals surface area contributed by atoms with Gasteiger partial charge in [0.25, 0.3) is 11.8 Å². The topological polar surface area (TPSA) is 131 Å². The Labute approximate surface area is 297 Å². The number of carbonyl (C=O) groups is 2. The molecule has 0 aliphatic rings. The molecule has 4 aromatic rings. The number of carbonyl (C=O) groups excluding carboxylic acids is 2. The Morgan fingerprint density at radius 2 is 0.958 bits per heavy atom. The molecule has 0 aliphatic carbocycles. The molecule has 2 atom stereocenters. The van der Waals surface area contributed by atoms with E-state index in [0.717, 1.165) is 0 Å². The number of amides is 2. The Hall–Kier alpha value is -3.80. The van der Waals surface area contributed by atoms with Crippen LogP contribution in [0.25, 0.3) is 0 Å². The molecule has 0 fully saturated rings. The van der Waals surface area contributed by atoms with E-state index >= 15 is 0 Å². The summed E-state index contributed by atoms with van der Waals surface area (Å²) >= 11 is 24.1. The molecule has 2 unspecified atom stereocenters. The molecule has 4 aromatic carbocycles. The van der Waals surface area contributed by atoms with E-state index in [2.05, 4.69) is 10.6 Å². The quantitative estimate of drug-likeness (QED) is 0.0850. The number of hydrogen-bond acceptors (Lipinski definition) is 9. The number of halogens is 4. The third-order valence-corrected chi connectivity index (χ3v) is 7.83. The number of hydrogen-bond donors (Lipinski definition) is 2. The van der Waals surface area contributed by atoms with Gasteiger partial charge in [0.15, 0.2) is 25.7 Å². The second kappa shape index (κ2) is 18.1. The zero-order valence-corrected chi connectivity index (χ0v) is 29.2. The van der Waals surface area contributed by atoms with Crippen LogP contribution in [0, 0.1) is 0 Å². The maximum absolute atomic E-state index is 12.4. The number of benzene rings is 4. The van der Waals surface area contributed by atoms with E-state index in [1.165, 1.54) is 13.8 Å². The van der Waals surface area contributed by atoms with Gasteiger partial charge in [-0.3, -0.25) is 9.59 Å². The average Bonchev–Trinajstić information content (AvgIpc) is 3.05. The van der Waals surface area contributed by atoms with Gasteiger partial charge >= 0.3 is 8.25 Å². The molecule has 4 rings (SSSR count). The van der Waals surface area contributed by atoms with Crippen molar-refractivity contribution >= 4 is 66.5 Å². The molecule has 16 heteroatoms. The van der Waals surface area contributed by atoms with Crippen LogP contribution < -0.4 is 29.6 Å². The van der Waals surface area contributed by atoms with Gasteiger partial charge in [-0.2, -0.15) is 0 Å². The van der Waals surface area contributed by atoms with Gasteiger partial charge < -0.3 is 29.6 Å². The first-order valence-corrected chi connectivity index (χ1v) is 16.7. The summed E-state index contributed by atoms with van der Waals surface area (Å²) in [4.78, 5) is 24.7. The van der Waals surface area contributed by atoms with Crippen molar-refractivity contribution in [1.29, 1.82) is 0 Å². The minimum atomic E-state index is -2.66. The number of nitrogens with one attached hydrogen (secondary N) is 2. The van der Waals surface area contributed by atoms with Gasteiger partial charge in [-0.05, 0) is 98.8 Å². The fraction of sp³-hybridized carbons (Fsp3) is 0.188. The van der Waals surface area contributed by atoms with Crippen LogP contribution in [0.5, 0.6) is 34.5 Å². The Balaban J connectivity index is 1.10. The summed E-state index contributed by atoms with van der Waals surface area (Å²) in [6.45, 7) is 2.21. The van der Waals surface area contributed by atoms with Crippen molar-refractivity contribution in [1.82, 2.24) is 10.6 Å². The predicted octanol–water partition coefficient (Wildman–Crippen LogP) is 8.96. The molecule has 0 saturated carbocycles. The van der Waals surface area contributed by atoms with Crippen LogP contribution in [-0.2, 0) is 23.2 Å². The standard InChI is InChI=1S/C32H27Cl4N2O9P/c1-19(44-23-5-9-25(10-6-23)46-29-13-3-21(33)15-27(29)35)31(39)37-17-42-48(41)43-18-38-32(40)20(2)45-24-7-11-26(12-8-24)47-30-14-4-22(34)16-28(30)36/h3-16,19-20H,17-18H2,1-2H3,(H-,37,38,39,40)/p+1. The van der Waals surface area contributed by atoms with E-state index in [-0.39, 0.29) is 0 Å².